The van der Waals surface area contributed by atoms with Gasteiger partial charge in [0, 0.05) is 13.1 Å². The zero-order chi connectivity index (χ0) is 10.7. The van der Waals surface area contributed by atoms with Crippen molar-refractivity contribution < 1.29 is 4.74 Å². The van der Waals surface area contributed by atoms with Crippen molar-refractivity contribution in [3.05, 3.63) is 35.9 Å². The van der Waals surface area contributed by atoms with E-state index in [-0.39, 0.29) is 5.60 Å². The lowest BCUT2D eigenvalue weighted by Gasteiger charge is -2.45. The van der Waals surface area contributed by atoms with Crippen LogP contribution in [-0.2, 0) is 11.3 Å². The summed E-state index contributed by atoms with van der Waals surface area (Å²) in [5.74, 6) is 0.572. The van der Waals surface area contributed by atoms with Gasteiger partial charge < -0.3 is 10.1 Å². The molecule has 0 bridgehead atoms. The van der Waals surface area contributed by atoms with Gasteiger partial charge in [-0.2, -0.15) is 0 Å². The molecule has 0 unspecified atom stereocenters. The molecule has 1 aromatic rings. The maximum Gasteiger partial charge on any atom is 0.0956 e. The third kappa shape index (κ3) is 2.21. The molecule has 2 nitrogen and oxygen atoms in total. The molecule has 0 radical (unpaired) electrons. The lowest BCUT2D eigenvalue weighted by Crippen LogP contribution is -2.64. The average Bonchev–Trinajstić information content (AvgIpc) is 2.17. The summed E-state index contributed by atoms with van der Waals surface area (Å²) >= 11 is 0. The predicted molar refractivity (Wildman–Crippen MR) is 61.7 cm³/mol. The number of rotatable bonds is 4. The highest BCUT2D eigenvalue weighted by atomic mass is 16.5. The summed E-state index contributed by atoms with van der Waals surface area (Å²) < 4.78 is 6.05. The summed E-state index contributed by atoms with van der Waals surface area (Å²) in [6.45, 7) is 7.15. The fourth-order valence-electron chi connectivity index (χ4n) is 1.85. The van der Waals surface area contributed by atoms with E-state index in [1.807, 2.05) is 6.07 Å². The van der Waals surface area contributed by atoms with Crippen molar-refractivity contribution >= 4 is 0 Å². The maximum absolute atomic E-state index is 6.05. The molecule has 0 aliphatic carbocycles. The molecule has 0 atom stereocenters. The van der Waals surface area contributed by atoms with Gasteiger partial charge in [-0.25, -0.2) is 0 Å². The first-order valence-electron chi connectivity index (χ1n) is 5.61. The van der Waals surface area contributed by atoms with Gasteiger partial charge in [-0.05, 0) is 11.5 Å². The van der Waals surface area contributed by atoms with Crippen molar-refractivity contribution in [1.82, 2.24) is 5.32 Å². The summed E-state index contributed by atoms with van der Waals surface area (Å²) in [5, 5.41) is 3.29. The first kappa shape index (κ1) is 10.7. The molecule has 1 aromatic carbocycles. The lowest BCUT2D eigenvalue weighted by atomic mass is 9.84. The van der Waals surface area contributed by atoms with Crippen LogP contribution in [-0.4, -0.2) is 18.7 Å². The molecule has 0 amide bonds. The number of hydrogen-bond donors (Lipinski definition) is 1. The van der Waals surface area contributed by atoms with Crippen LogP contribution in [0.1, 0.15) is 19.4 Å². The molecular weight excluding hydrogens is 186 g/mol. The Balaban J connectivity index is 1.92. The van der Waals surface area contributed by atoms with Crippen molar-refractivity contribution in [2.24, 2.45) is 5.92 Å². The fraction of sp³-hybridized carbons (Fsp3) is 0.538. The molecular formula is C13H19NO. The Bertz CT molecular complexity index is 304. The largest absolute Gasteiger partial charge is 0.367 e. The van der Waals surface area contributed by atoms with Crippen LogP contribution in [0.15, 0.2) is 30.3 Å². The second-order valence-electron chi connectivity index (χ2n) is 4.60. The summed E-state index contributed by atoms with van der Waals surface area (Å²) in [7, 11) is 0. The average molecular weight is 205 g/mol. The van der Waals surface area contributed by atoms with E-state index in [1.54, 1.807) is 0 Å². The van der Waals surface area contributed by atoms with Crippen LogP contribution in [0.3, 0.4) is 0 Å². The van der Waals surface area contributed by atoms with Crippen LogP contribution in [0.25, 0.3) is 0 Å². The van der Waals surface area contributed by atoms with Crippen molar-refractivity contribution in [1.29, 1.82) is 0 Å². The van der Waals surface area contributed by atoms with E-state index >= 15 is 0 Å². The lowest BCUT2D eigenvalue weighted by molar-refractivity contribution is -0.120. The second kappa shape index (κ2) is 4.33. The van der Waals surface area contributed by atoms with Gasteiger partial charge in [0.05, 0.1) is 12.2 Å². The monoisotopic (exact) mass is 205 g/mol. The topological polar surface area (TPSA) is 21.3 Å². The van der Waals surface area contributed by atoms with Crippen molar-refractivity contribution in [2.75, 3.05) is 13.1 Å². The van der Waals surface area contributed by atoms with Crippen molar-refractivity contribution in [3.63, 3.8) is 0 Å². The van der Waals surface area contributed by atoms with Crippen LogP contribution in [0.5, 0.6) is 0 Å². The zero-order valence-electron chi connectivity index (χ0n) is 9.49. The Kier molecular flexibility index (Phi) is 3.08. The summed E-state index contributed by atoms with van der Waals surface area (Å²) in [4.78, 5) is 0. The van der Waals surface area contributed by atoms with E-state index < -0.39 is 0 Å². The molecule has 1 aliphatic rings. The van der Waals surface area contributed by atoms with E-state index in [4.69, 9.17) is 4.74 Å². The van der Waals surface area contributed by atoms with E-state index in [0.29, 0.717) is 5.92 Å². The van der Waals surface area contributed by atoms with Crippen LogP contribution >= 0.6 is 0 Å². The first-order valence-corrected chi connectivity index (χ1v) is 5.61. The molecule has 1 fully saturated rings. The first-order chi connectivity index (χ1) is 7.23. The normalized spacial score (nSPS) is 18.9. The number of nitrogens with one attached hydrogen (secondary N) is 1. The minimum absolute atomic E-state index is 0.0653. The highest BCUT2D eigenvalue weighted by Crippen LogP contribution is 2.27. The molecule has 1 N–H and O–H groups in total. The summed E-state index contributed by atoms with van der Waals surface area (Å²) in [6.07, 6.45) is 0. The molecule has 2 heteroatoms. The molecule has 0 aromatic heterocycles. The molecule has 0 spiro atoms. The Morgan fingerprint density at radius 1 is 1.27 bits per heavy atom. The van der Waals surface area contributed by atoms with Gasteiger partial charge in [0.25, 0.3) is 0 Å². The van der Waals surface area contributed by atoms with E-state index in [0.717, 1.165) is 19.7 Å². The van der Waals surface area contributed by atoms with Gasteiger partial charge in [0.15, 0.2) is 0 Å². The van der Waals surface area contributed by atoms with Gasteiger partial charge in [-0.3, -0.25) is 0 Å². The predicted octanol–water partition coefficient (Wildman–Crippen LogP) is 2.20. The third-order valence-corrected chi connectivity index (χ3v) is 3.27. The van der Waals surface area contributed by atoms with E-state index in [2.05, 4.69) is 43.4 Å². The van der Waals surface area contributed by atoms with Gasteiger partial charge in [0.2, 0.25) is 0 Å². The van der Waals surface area contributed by atoms with Crippen molar-refractivity contribution in [3.8, 4) is 0 Å². The Hall–Kier alpha value is -0.860. The Labute approximate surface area is 91.6 Å². The number of hydrogen-bond acceptors (Lipinski definition) is 2. The standard InChI is InChI=1S/C13H19NO/c1-11(2)13(9-14-10-13)15-8-12-6-4-3-5-7-12/h3-7,11,14H,8-10H2,1-2H3. The molecule has 82 valence electrons. The Morgan fingerprint density at radius 2 is 1.93 bits per heavy atom. The zero-order valence-corrected chi connectivity index (χ0v) is 9.49. The van der Waals surface area contributed by atoms with Crippen LogP contribution in [0, 0.1) is 5.92 Å². The van der Waals surface area contributed by atoms with Gasteiger partial charge in [-0.1, -0.05) is 44.2 Å². The summed E-state index contributed by atoms with van der Waals surface area (Å²) in [6, 6.07) is 10.4. The van der Waals surface area contributed by atoms with Gasteiger partial charge in [-0.15, -0.1) is 0 Å². The SMILES string of the molecule is CC(C)C1(OCc2ccccc2)CNC1. The van der Waals surface area contributed by atoms with E-state index in [9.17, 15) is 0 Å². The molecule has 15 heavy (non-hydrogen) atoms. The highest BCUT2D eigenvalue weighted by molar-refractivity contribution is 5.14. The highest BCUT2D eigenvalue weighted by Gasteiger charge is 2.40. The van der Waals surface area contributed by atoms with Gasteiger partial charge in [0.1, 0.15) is 0 Å². The Morgan fingerprint density at radius 3 is 2.40 bits per heavy atom. The molecule has 2 rings (SSSR count). The quantitative estimate of drug-likeness (QED) is 0.813. The van der Waals surface area contributed by atoms with Crippen molar-refractivity contribution in [2.45, 2.75) is 26.1 Å². The number of ether oxygens (including phenoxy) is 1. The minimum Gasteiger partial charge on any atom is -0.367 e. The second-order valence-corrected chi connectivity index (χ2v) is 4.60. The molecule has 1 heterocycles. The summed E-state index contributed by atoms with van der Waals surface area (Å²) in [5.41, 5.74) is 1.32. The molecule has 1 saturated heterocycles. The maximum atomic E-state index is 6.05. The fourth-order valence-corrected chi connectivity index (χ4v) is 1.85. The smallest absolute Gasteiger partial charge is 0.0956 e. The van der Waals surface area contributed by atoms with Crippen LogP contribution < -0.4 is 5.32 Å². The van der Waals surface area contributed by atoms with Gasteiger partial charge >= 0.3 is 0 Å². The van der Waals surface area contributed by atoms with E-state index in [1.165, 1.54) is 5.56 Å². The third-order valence-electron chi connectivity index (χ3n) is 3.27. The number of benzene rings is 1. The van der Waals surface area contributed by atoms with Crippen LogP contribution in [0.2, 0.25) is 0 Å². The molecule has 1 aliphatic heterocycles. The van der Waals surface area contributed by atoms with Crippen LogP contribution in [0.4, 0.5) is 0 Å². The molecule has 0 saturated carbocycles. The minimum atomic E-state index is 0.0653.